The van der Waals surface area contributed by atoms with Gasteiger partial charge in [-0.15, -0.1) is 0 Å². The molecular weight excluding hydrogens is 251 g/mol. The molecule has 3 heteroatoms. The molecular formula is C15H12ClFO. The first-order valence-corrected chi connectivity index (χ1v) is 5.94. The molecule has 2 rings (SSSR count). The molecule has 0 aromatic heterocycles. The van der Waals surface area contributed by atoms with Crippen LogP contribution in [0.4, 0.5) is 4.39 Å². The fourth-order valence-corrected chi connectivity index (χ4v) is 1.99. The second kappa shape index (κ2) is 4.91. The summed E-state index contributed by atoms with van der Waals surface area (Å²) in [5, 5.41) is 0.378. The van der Waals surface area contributed by atoms with Gasteiger partial charge in [-0.1, -0.05) is 35.4 Å². The second-order valence-corrected chi connectivity index (χ2v) is 4.63. The Morgan fingerprint density at radius 1 is 1.11 bits per heavy atom. The van der Waals surface area contributed by atoms with Crippen LogP contribution in [-0.4, -0.2) is 5.78 Å². The van der Waals surface area contributed by atoms with E-state index in [0.717, 1.165) is 11.1 Å². The predicted octanol–water partition coefficient (Wildman–Crippen LogP) is 4.33. The number of carbonyl (C=O) groups is 1. The van der Waals surface area contributed by atoms with Gasteiger partial charge in [-0.25, -0.2) is 4.39 Å². The van der Waals surface area contributed by atoms with Gasteiger partial charge in [0, 0.05) is 5.56 Å². The van der Waals surface area contributed by atoms with Gasteiger partial charge in [-0.2, -0.15) is 0 Å². The Kier molecular flexibility index (Phi) is 3.48. The summed E-state index contributed by atoms with van der Waals surface area (Å²) in [6, 6.07) is 9.62. The topological polar surface area (TPSA) is 17.1 Å². The molecule has 0 amide bonds. The van der Waals surface area contributed by atoms with Crippen LogP contribution in [0.1, 0.15) is 27.0 Å². The number of carbonyl (C=O) groups excluding carboxylic acids is 1. The quantitative estimate of drug-likeness (QED) is 0.737. The summed E-state index contributed by atoms with van der Waals surface area (Å²) >= 11 is 6.09. The van der Waals surface area contributed by atoms with Crippen molar-refractivity contribution in [1.29, 1.82) is 0 Å². The molecule has 0 fully saturated rings. The third-order valence-corrected chi connectivity index (χ3v) is 3.30. The van der Waals surface area contributed by atoms with E-state index in [0.29, 0.717) is 10.6 Å². The van der Waals surface area contributed by atoms with E-state index in [4.69, 9.17) is 11.6 Å². The van der Waals surface area contributed by atoms with E-state index in [1.807, 2.05) is 19.9 Å². The van der Waals surface area contributed by atoms with Crippen molar-refractivity contribution in [2.75, 3.05) is 0 Å². The molecule has 0 bridgehead atoms. The molecule has 18 heavy (non-hydrogen) atoms. The lowest BCUT2D eigenvalue weighted by atomic mass is 9.99. The average molecular weight is 263 g/mol. The number of aryl methyl sites for hydroxylation is 2. The van der Waals surface area contributed by atoms with Crippen molar-refractivity contribution in [3.63, 3.8) is 0 Å². The van der Waals surface area contributed by atoms with Crippen molar-refractivity contribution in [1.82, 2.24) is 0 Å². The fourth-order valence-electron chi connectivity index (χ4n) is 1.78. The fraction of sp³-hybridized carbons (Fsp3) is 0.133. The zero-order chi connectivity index (χ0) is 13.3. The van der Waals surface area contributed by atoms with E-state index in [2.05, 4.69) is 0 Å². The molecule has 0 aliphatic carbocycles. The predicted molar refractivity (Wildman–Crippen MR) is 70.8 cm³/mol. The number of benzene rings is 2. The molecule has 2 aromatic carbocycles. The van der Waals surface area contributed by atoms with Crippen molar-refractivity contribution >= 4 is 17.4 Å². The van der Waals surface area contributed by atoms with Gasteiger partial charge in [0.1, 0.15) is 5.82 Å². The molecule has 0 saturated heterocycles. The Morgan fingerprint density at radius 3 is 2.56 bits per heavy atom. The maximum Gasteiger partial charge on any atom is 0.197 e. The van der Waals surface area contributed by atoms with Crippen molar-refractivity contribution < 1.29 is 9.18 Å². The Labute approximate surface area is 110 Å². The Balaban J connectivity index is 2.55. The number of halogens is 2. The highest BCUT2D eigenvalue weighted by Crippen LogP contribution is 2.24. The SMILES string of the molecule is Cc1ccc(F)c(C(=O)c2cccc(C)c2Cl)c1. The van der Waals surface area contributed by atoms with Gasteiger partial charge >= 0.3 is 0 Å². The standard InChI is InChI=1S/C15H12ClFO/c1-9-6-7-13(17)12(8-9)15(18)11-5-3-4-10(2)14(11)16/h3-8H,1-2H3. The molecule has 0 aliphatic rings. The van der Waals surface area contributed by atoms with Crippen molar-refractivity contribution in [3.05, 3.63) is 69.5 Å². The molecule has 0 unspecified atom stereocenters. The van der Waals surface area contributed by atoms with Crippen molar-refractivity contribution in [2.45, 2.75) is 13.8 Å². The van der Waals surface area contributed by atoms with Gasteiger partial charge in [0.15, 0.2) is 5.78 Å². The van der Waals surface area contributed by atoms with E-state index >= 15 is 0 Å². The van der Waals surface area contributed by atoms with E-state index in [1.165, 1.54) is 12.1 Å². The monoisotopic (exact) mass is 262 g/mol. The molecule has 0 saturated carbocycles. The minimum absolute atomic E-state index is 0.0579. The zero-order valence-corrected chi connectivity index (χ0v) is 10.9. The molecule has 92 valence electrons. The first-order chi connectivity index (χ1) is 8.50. The van der Waals surface area contributed by atoms with E-state index in [-0.39, 0.29) is 11.3 Å². The van der Waals surface area contributed by atoms with Gasteiger partial charge in [-0.3, -0.25) is 4.79 Å². The van der Waals surface area contributed by atoms with Gasteiger partial charge in [0.25, 0.3) is 0 Å². The number of hydrogen-bond acceptors (Lipinski definition) is 1. The second-order valence-electron chi connectivity index (χ2n) is 4.25. The van der Waals surface area contributed by atoms with Gasteiger partial charge in [0.2, 0.25) is 0 Å². The van der Waals surface area contributed by atoms with Crippen LogP contribution in [0, 0.1) is 19.7 Å². The van der Waals surface area contributed by atoms with E-state index < -0.39 is 5.82 Å². The van der Waals surface area contributed by atoms with Crippen LogP contribution in [0.5, 0.6) is 0 Å². The van der Waals surface area contributed by atoms with Gasteiger partial charge in [0.05, 0.1) is 10.6 Å². The van der Waals surface area contributed by atoms with Crippen LogP contribution in [0.2, 0.25) is 5.02 Å². The normalized spacial score (nSPS) is 10.4. The lowest BCUT2D eigenvalue weighted by Crippen LogP contribution is -2.06. The highest BCUT2D eigenvalue weighted by Gasteiger charge is 2.17. The summed E-state index contributed by atoms with van der Waals surface area (Å²) in [5.74, 6) is -0.909. The van der Waals surface area contributed by atoms with Gasteiger partial charge < -0.3 is 0 Å². The third kappa shape index (κ3) is 2.29. The van der Waals surface area contributed by atoms with Crippen LogP contribution < -0.4 is 0 Å². The largest absolute Gasteiger partial charge is 0.288 e. The maximum absolute atomic E-state index is 13.7. The molecule has 2 aromatic rings. The van der Waals surface area contributed by atoms with Crippen LogP contribution in [0.25, 0.3) is 0 Å². The third-order valence-electron chi connectivity index (χ3n) is 2.80. The molecule has 0 aliphatic heterocycles. The molecule has 1 nitrogen and oxygen atoms in total. The molecule has 0 spiro atoms. The van der Waals surface area contributed by atoms with Crippen LogP contribution in [0.3, 0.4) is 0 Å². The highest BCUT2D eigenvalue weighted by molar-refractivity contribution is 6.35. The summed E-state index contributed by atoms with van der Waals surface area (Å²) in [7, 11) is 0. The van der Waals surface area contributed by atoms with Gasteiger partial charge in [-0.05, 0) is 37.6 Å². The first kappa shape index (κ1) is 12.8. The molecule has 0 radical (unpaired) electrons. The smallest absolute Gasteiger partial charge is 0.197 e. The average Bonchev–Trinajstić information content (AvgIpc) is 2.35. The minimum Gasteiger partial charge on any atom is -0.288 e. The summed E-state index contributed by atoms with van der Waals surface area (Å²) in [5.41, 5.74) is 2.03. The van der Waals surface area contributed by atoms with Crippen molar-refractivity contribution in [2.24, 2.45) is 0 Å². The molecule has 0 N–H and O–H groups in total. The summed E-state index contributed by atoms with van der Waals surface area (Å²) in [6.07, 6.45) is 0. The summed E-state index contributed by atoms with van der Waals surface area (Å²) in [6.45, 7) is 3.62. The summed E-state index contributed by atoms with van der Waals surface area (Å²) in [4.78, 5) is 12.3. The lowest BCUT2D eigenvalue weighted by molar-refractivity contribution is 0.103. The zero-order valence-electron chi connectivity index (χ0n) is 10.1. The number of ketones is 1. The Morgan fingerprint density at radius 2 is 1.83 bits per heavy atom. The maximum atomic E-state index is 13.7. The number of hydrogen-bond donors (Lipinski definition) is 0. The van der Waals surface area contributed by atoms with E-state index in [1.54, 1.807) is 18.2 Å². The highest BCUT2D eigenvalue weighted by atomic mass is 35.5. The minimum atomic E-state index is -0.525. The molecule has 0 atom stereocenters. The Bertz CT molecular complexity index is 616. The van der Waals surface area contributed by atoms with E-state index in [9.17, 15) is 9.18 Å². The van der Waals surface area contributed by atoms with Crippen LogP contribution >= 0.6 is 11.6 Å². The first-order valence-electron chi connectivity index (χ1n) is 5.56. The van der Waals surface area contributed by atoms with Crippen LogP contribution in [-0.2, 0) is 0 Å². The van der Waals surface area contributed by atoms with Crippen LogP contribution in [0.15, 0.2) is 36.4 Å². The lowest BCUT2D eigenvalue weighted by Gasteiger charge is -2.07. The number of rotatable bonds is 2. The van der Waals surface area contributed by atoms with Crippen molar-refractivity contribution in [3.8, 4) is 0 Å². The summed E-state index contributed by atoms with van der Waals surface area (Å²) < 4.78 is 13.7. The molecule has 0 heterocycles. The Hall–Kier alpha value is -1.67.